The molecule has 0 atom stereocenters. The van der Waals surface area contributed by atoms with Crippen LogP contribution >= 0.6 is 0 Å². The predicted octanol–water partition coefficient (Wildman–Crippen LogP) is 1.80. The van der Waals surface area contributed by atoms with Gasteiger partial charge >= 0.3 is 0 Å². The van der Waals surface area contributed by atoms with Crippen molar-refractivity contribution in [2.75, 3.05) is 0 Å². The molecule has 0 unspecified atom stereocenters. The fourth-order valence-electron chi connectivity index (χ4n) is 1.15. The minimum absolute atomic E-state index is 0.876. The summed E-state index contributed by atoms with van der Waals surface area (Å²) >= 11 is 0. The van der Waals surface area contributed by atoms with Crippen molar-refractivity contribution in [2.45, 2.75) is 6.42 Å². The molecule has 0 saturated carbocycles. The van der Waals surface area contributed by atoms with Crippen molar-refractivity contribution in [3.8, 4) is 0 Å². The number of aromatic amines is 1. The number of benzene rings is 1. The monoisotopic (exact) mass is 157 g/mol. The third kappa shape index (κ3) is 1.53. The third-order valence-corrected chi connectivity index (χ3v) is 1.73. The van der Waals surface area contributed by atoms with Crippen LogP contribution in [0.25, 0.3) is 0 Å². The van der Waals surface area contributed by atoms with Gasteiger partial charge in [-0.05, 0) is 11.6 Å². The van der Waals surface area contributed by atoms with E-state index in [9.17, 15) is 0 Å². The van der Waals surface area contributed by atoms with Crippen molar-refractivity contribution in [2.24, 2.45) is 0 Å². The summed E-state index contributed by atoms with van der Waals surface area (Å²) in [6, 6.07) is 12.1. The van der Waals surface area contributed by atoms with Crippen LogP contribution in [0.1, 0.15) is 11.3 Å². The van der Waals surface area contributed by atoms with Crippen LogP contribution in [-0.2, 0) is 6.42 Å². The minimum Gasteiger partial charge on any atom is -0.276 e. The van der Waals surface area contributed by atoms with Gasteiger partial charge in [-0.25, -0.2) is 0 Å². The Morgan fingerprint density at radius 3 is 2.75 bits per heavy atom. The molecule has 1 radical (unpaired) electrons. The molecule has 0 aliphatic rings. The fraction of sp³-hybridized carbons (Fsp3) is 0.100. The first-order valence-corrected chi connectivity index (χ1v) is 3.89. The average Bonchev–Trinajstić information content (AvgIpc) is 2.59. The first kappa shape index (κ1) is 7.10. The second-order valence-corrected chi connectivity index (χ2v) is 2.67. The van der Waals surface area contributed by atoms with Crippen LogP contribution in [0, 0.1) is 6.20 Å². The molecule has 0 fully saturated rings. The van der Waals surface area contributed by atoms with Crippen molar-refractivity contribution >= 4 is 0 Å². The highest BCUT2D eigenvalue weighted by Gasteiger charge is 1.95. The van der Waals surface area contributed by atoms with Gasteiger partial charge in [-0.2, -0.15) is 5.10 Å². The van der Waals surface area contributed by atoms with Gasteiger partial charge < -0.3 is 0 Å². The molecule has 2 aromatic rings. The lowest BCUT2D eigenvalue weighted by Crippen LogP contribution is -1.86. The molecule has 0 aliphatic carbocycles. The van der Waals surface area contributed by atoms with E-state index in [0.29, 0.717) is 0 Å². The topological polar surface area (TPSA) is 28.7 Å². The highest BCUT2D eigenvalue weighted by atomic mass is 15.1. The Hall–Kier alpha value is -1.57. The highest BCUT2D eigenvalue weighted by Crippen LogP contribution is 2.04. The van der Waals surface area contributed by atoms with Gasteiger partial charge in [-0.15, -0.1) is 0 Å². The van der Waals surface area contributed by atoms with E-state index >= 15 is 0 Å². The van der Waals surface area contributed by atoms with Gasteiger partial charge in [0.05, 0.1) is 11.9 Å². The molecule has 0 saturated heterocycles. The number of H-pyrrole nitrogens is 1. The molecule has 0 amide bonds. The van der Waals surface area contributed by atoms with E-state index in [-0.39, 0.29) is 0 Å². The van der Waals surface area contributed by atoms with Crippen LogP contribution in [0.3, 0.4) is 0 Å². The largest absolute Gasteiger partial charge is 0.276 e. The van der Waals surface area contributed by atoms with E-state index in [4.69, 9.17) is 0 Å². The summed E-state index contributed by atoms with van der Waals surface area (Å²) in [4.78, 5) is 0. The Morgan fingerprint density at radius 2 is 2.08 bits per heavy atom. The zero-order valence-corrected chi connectivity index (χ0v) is 6.62. The molecule has 0 spiro atoms. The second-order valence-electron chi connectivity index (χ2n) is 2.67. The lowest BCUT2D eigenvalue weighted by Gasteiger charge is -1.95. The number of hydrogen-bond donors (Lipinski definition) is 1. The van der Waals surface area contributed by atoms with E-state index < -0.39 is 0 Å². The molecule has 12 heavy (non-hydrogen) atoms. The molecular formula is C10H9N2. The van der Waals surface area contributed by atoms with E-state index in [0.717, 1.165) is 12.1 Å². The van der Waals surface area contributed by atoms with Crippen LogP contribution in [-0.4, -0.2) is 10.2 Å². The average molecular weight is 157 g/mol. The molecule has 2 heteroatoms. The summed E-state index contributed by atoms with van der Waals surface area (Å²) in [5.74, 6) is 0. The zero-order valence-electron chi connectivity index (χ0n) is 6.62. The maximum atomic E-state index is 4.03. The summed E-state index contributed by atoms with van der Waals surface area (Å²) in [5, 5.41) is 6.71. The molecule has 2 rings (SSSR count). The summed E-state index contributed by atoms with van der Waals surface area (Å²) < 4.78 is 0. The lowest BCUT2D eigenvalue weighted by molar-refractivity contribution is 0.994. The van der Waals surface area contributed by atoms with E-state index in [1.807, 2.05) is 24.3 Å². The number of hydrogen-bond acceptors (Lipinski definition) is 1. The van der Waals surface area contributed by atoms with Crippen LogP contribution in [0.15, 0.2) is 36.4 Å². The van der Waals surface area contributed by atoms with Gasteiger partial charge in [0.15, 0.2) is 0 Å². The summed E-state index contributed by atoms with van der Waals surface area (Å²) in [6.07, 6.45) is 3.69. The van der Waals surface area contributed by atoms with Crippen molar-refractivity contribution in [3.63, 3.8) is 0 Å². The zero-order chi connectivity index (χ0) is 8.23. The quantitative estimate of drug-likeness (QED) is 0.707. The first-order valence-electron chi connectivity index (χ1n) is 3.89. The normalized spacial score (nSPS) is 10.0. The predicted molar refractivity (Wildman–Crippen MR) is 46.7 cm³/mol. The Bertz CT molecular complexity index is 324. The standard InChI is InChI=1S/C10H9N2/c1-2-4-9(5-3-1)8-10-6-7-11-12-10/h1-6H,8H2,(H,11,12). The Morgan fingerprint density at radius 1 is 1.25 bits per heavy atom. The van der Waals surface area contributed by atoms with Gasteiger partial charge in [0, 0.05) is 6.42 Å². The molecule has 2 nitrogen and oxygen atoms in total. The van der Waals surface area contributed by atoms with Crippen LogP contribution < -0.4 is 0 Å². The van der Waals surface area contributed by atoms with Crippen LogP contribution in [0.4, 0.5) is 0 Å². The van der Waals surface area contributed by atoms with Gasteiger partial charge in [-0.1, -0.05) is 30.3 Å². The van der Waals surface area contributed by atoms with E-state index in [1.54, 1.807) is 0 Å². The molecule has 0 bridgehead atoms. The number of nitrogens with one attached hydrogen (secondary N) is 1. The Kier molecular flexibility index (Phi) is 1.90. The van der Waals surface area contributed by atoms with Crippen molar-refractivity contribution in [1.29, 1.82) is 0 Å². The fourth-order valence-corrected chi connectivity index (χ4v) is 1.15. The maximum Gasteiger partial charge on any atom is 0.0831 e. The molecular weight excluding hydrogens is 148 g/mol. The molecule has 1 aromatic heterocycles. The molecule has 1 N–H and O–H groups in total. The van der Waals surface area contributed by atoms with Gasteiger partial charge in [0.25, 0.3) is 0 Å². The second kappa shape index (κ2) is 3.22. The van der Waals surface area contributed by atoms with Gasteiger partial charge in [0.2, 0.25) is 0 Å². The maximum absolute atomic E-state index is 4.03. The Balaban J connectivity index is 2.15. The number of rotatable bonds is 2. The smallest absolute Gasteiger partial charge is 0.0831 e. The first-order chi connectivity index (χ1) is 5.95. The third-order valence-electron chi connectivity index (χ3n) is 1.73. The van der Waals surface area contributed by atoms with Crippen molar-refractivity contribution in [3.05, 3.63) is 53.9 Å². The summed E-state index contributed by atoms with van der Waals surface area (Å²) in [6.45, 7) is 0. The van der Waals surface area contributed by atoms with Gasteiger partial charge in [-0.3, -0.25) is 5.10 Å². The van der Waals surface area contributed by atoms with E-state index in [2.05, 4.69) is 28.5 Å². The van der Waals surface area contributed by atoms with Crippen LogP contribution in [0.2, 0.25) is 0 Å². The van der Waals surface area contributed by atoms with Crippen LogP contribution in [0.5, 0.6) is 0 Å². The molecule has 1 aromatic carbocycles. The number of aromatic nitrogens is 2. The number of nitrogens with zero attached hydrogens (tertiary/aromatic N) is 1. The van der Waals surface area contributed by atoms with Crippen molar-refractivity contribution in [1.82, 2.24) is 10.2 Å². The highest BCUT2D eigenvalue weighted by molar-refractivity contribution is 5.20. The SMILES string of the molecule is [c]1cc(Cc2ccccc2)n[nH]1. The minimum atomic E-state index is 0.876. The Labute approximate surface area is 71.3 Å². The molecule has 0 aliphatic heterocycles. The summed E-state index contributed by atoms with van der Waals surface area (Å²) in [7, 11) is 0. The van der Waals surface area contributed by atoms with Gasteiger partial charge in [0.1, 0.15) is 0 Å². The molecule has 1 heterocycles. The van der Waals surface area contributed by atoms with Crippen molar-refractivity contribution < 1.29 is 0 Å². The lowest BCUT2D eigenvalue weighted by atomic mass is 10.1. The van der Waals surface area contributed by atoms with E-state index in [1.165, 1.54) is 5.56 Å². The molecule has 59 valence electrons. The summed E-state index contributed by atoms with van der Waals surface area (Å²) in [5.41, 5.74) is 2.30.